The zero-order chi connectivity index (χ0) is 16.9. The summed E-state index contributed by atoms with van der Waals surface area (Å²) in [6.45, 7) is 5.16. The molecule has 1 heterocycles. The van der Waals surface area contributed by atoms with Gasteiger partial charge in [0.25, 0.3) is 0 Å². The summed E-state index contributed by atoms with van der Waals surface area (Å²) in [7, 11) is 1.62. The number of ether oxygens (including phenoxy) is 2. The average Bonchev–Trinajstić information content (AvgIpc) is 3.06. The smallest absolute Gasteiger partial charge is 0.205 e. The van der Waals surface area contributed by atoms with Crippen LogP contribution in [-0.2, 0) is 6.54 Å². The topological polar surface area (TPSA) is 62.1 Å². The first kappa shape index (κ1) is 16.0. The largest absolute Gasteiger partial charge is 0.493 e. The van der Waals surface area contributed by atoms with Crippen molar-refractivity contribution in [2.24, 2.45) is 0 Å². The average molecular weight is 324 g/mol. The standard InChI is InChI=1S/C18H20N4O2/c1-4-24-17-11-14(9-10-16(17)23-3)18-19-21-22(20-18)12-15-8-6-5-7-13(15)2/h5-11H,4,12H2,1-3H3. The minimum atomic E-state index is 0.562. The van der Waals surface area contributed by atoms with Crippen molar-refractivity contribution in [1.82, 2.24) is 20.2 Å². The Morgan fingerprint density at radius 2 is 1.92 bits per heavy atom. The van der Waals surface area contributed by atoms with Gasteiger partial charge < -0.3 is 9.47 Å². The van der Waals surface area contributed by atoms with Gasteiger partial charge in [0.15, 0.2) is 11.5 Å². The van der Waals surface area contributed by atoms with Crippen molar-refractivity contribution in [3.8, 4) is 22.9 Å². The van der Waals surface area contributed by atoms with E-state index in [0.717, 1.165) is 5.56 Å². The number of benzene rings is 2. The molecule has 0 aliphatic rings. The fourth-order valence-corrected chi connectivity index (χ4v) is 2.45. The maximum atomic E-state index is 5.60. The number of rotatable bonds is 6. The highest BCUT2D eigenvalue weighted by Crippen LogP contribution is 2.31. The van der Waals surface area contributed by atoms with E-state index in [1.54, 1.807) is 11.9 Å². The number of hydrogen-bond acceptors (Lipinski definition) is 5. The molecule has 3 aromatic rings. The lowest BCUT2D eigenvalue weighted by Gasteiger charge is -2.09. The van der Waals surface area contributed by atoms with Gasteiger partial charge in [0.1, 0.15) is 0 Å². The summed E-state index contributed by atoms with van der Waals surface area (Å²) in [6, 6.07) is 13.8. The molecule has 0 saturated heterocycles. The summed E-state index contributed by atoms with van der Waals surface area (Å²) in [5, 5.41) is 12.8. The number of methoxy groups -OCH3 is 1. The second-order valence-corrected chi connectivity index (χ2v) is 5.37. The molecule has 0 unspecified atom stereocenters. The molecule has 0 aliphatic heterocycles. The maximum absolute atomic E-state index is 5.60. The molecule has 2 aromatic carbocycles. The SMILES string of the molecule is CCOc1cc(-c2nnn(Cc3ccccc3C)n2)ccc1OC. The summed E-state index contributed by atoms with van der Waals surface area (Å²) >= 11 is 0. The fraction of sp³-hybridized carbons (Fsp3) is 0.278. The van der Waals surface area contributed by atoms with E-state index in [1.807, 2.05) is 37.3 Å². The molecule has 0 bridgehead atoms. The van der Waals surface area contributed by atoms with E-state index in [0.29, 0.717) is 30.5 Å². The summed E-state index contributed by atoms with van der Waals surface area (Å²) in [6.07, 6.45) is 0. The Hall–Kier alpha value is -2.89. The minimum Gasteiger partial charge on any atom is -0.493 e. The van der Waals surface area contributed by atoms with E-state index in [9.17, 15) is 0 Å². The van der Waals surface area contributed by atoms with Crippen LogP contribution in [0.1, 0.15) is 18.1 Å². The van der Waals surface area contributed by atoms with Crippen molar-refractivity contribution in [1.29, 1.82) is 0 Å². The normalized spacial score (nSPS) is 10.6. The molecule has 24 heavy (non-hydrogen) atoms. The first-order chi connectivity index (χ1) is 11.7. The van der Waals surface area contributed by atoms with Crippen LogP contribution >= 0.6 is 0 Å². The minimum absolute atomic E-state index is 0.562. The lowest BCUT2D eigenvalue weighted by molar-refractivity contribution is 0.311. The van der Waals surface area contributed by atoms with E-state index < -0.39 is 0 Å². The number of aryl methyl sites for hydroxylation is 1. The van der Waals surface area contributed by atoms with E-state index in [1.165, 1.54) is 11.1 Å². The Morgan fingerprint density at radius 1 is 1.08 bits per heavy atom. The monoisotopic (exact) mass is 324 g/mol. The molecule has 6 heteroatoms. The fourth-order valence-electron chi connectivity index (χ4n) is 2.45. The van der Waals surface area contributed by atoms with Crippen molar-refractivity contribution in [3.63, 3.8) is 0 Å². The van der Waals surface area contributed by atoms with Gasteiger partial charge in [-0.15, -0.1) is 10.2 Å². The second-order valence-electron chi connectivity index (χ2n) is 5.37. The van der Waals surface area contributed by atoms with Crippen LogP contribution in [0.3, 0.4) is 0 Å². The number of aromatic nitrogens is 4. The van der Waals surface area contributed by atoms with Gasteiger partial charge in [-0.05, 0) is 48.4 Å². The van der Waals surface area contributed by atoms with Gasteiger partial charge in [-0.25, -0.2) is 0 Å². The molecule has 6 nitrogen and oxygen atoms in total. The third-order valence-corrected chi connectivity index (χ3v) is 3.75. The molecule has 0 spiro atoms. The Balaban J connectivity index is 1.85. The van der Waals surface area contributed by atoms with Gasteiger partial charge in [-0.2, -0.15) is 4.80 Å². The molecule has 0 fully saturated rings. The maximum Gasteiger partial charge on any atom is 0.205 e. The summed E-state index contributed by atoms with van der Waals surface area (Å²) < 4.78 is 10.9. The highest BCUT2D eigenvalue weighted by atomic mass is 16.5. The van der Waals surface area contributed by atoms with Crippen LogP contribution in [0.5, 0.6) is 11.5 Å². The summed E-state index contributed by atoms with van der Waals surface area (Å²) in [4.78, 5) is 1.60. The Morgan fingerprint density at radius 3 is 2.67 bits per heavy atom. The predicted octanol–water partition coefficient (Wildman–Crippen LogP) is 3.10. The number of tetrazole rings is 1. The molecule has 0 atom stereocenters. The van der Waals surface area contributed by atoms with Crippen LogP contribution in [0, 0.1) is 6.92 Å². The van der Waals surface area contributed by atoms with Gasteiger partial charge in [-0.3, -0.25) is 0 Å². The lowest BCUT2D eigenvalue weighted by atomic mass is 10.1. The predicted molar refractivity (Wildman–Crippen MR) is 91.3 cm³/mol. The second kappa shape index (κ2) is 7.12. The Labute approximate surface area is 141 Å². The van der Waals surface area contributed by atoms with Gasteiger partial charge in [0.2, 0.25) is 5.82 Å². The molecule has 0 amide bonds. The first-order valence-corrected chi connectivity index (χ1v) is 7.84. The van der Waals surface area contributed by atoms with Crippen molar-refractivity contribution < 1.29 is 9.47 Å². The molecule has 0 radical (unpaired) electrons. The molecule has 1 aromatic heterocycles. The lowest BCUT2D eigenvalue weighted by Crippen LogP contribution is -2.05. The highest BCUT2D eigenvalue weighted by Gasteiger charge is 2.11. The summed E-state index contributed by atoms with van der Waals surface area (Å²) in [5.41, 5.74) is 3.22. The zero-order valence-electron chi connectivity index (χ0n) is 14.1. The molecule has 124 valence electrons. The number of nitrogens with zero attached hydrogens (tertiary/aromatic N) is 4. The highest BCUT2D eigenvalue weighted by molar-refractivity contribution is 5.60. The molecular weight excluding hydrogens is 304 g/mol. The van der Waals surface area contributed by atoms with Crippen LogP contribution in [0.2, 0.25) is 0 Å². The molecule has 3 rings (SSSR count). The zero-order valence-corrected chi connectivity index (χ0v) is 14.1. The van der Waals surface area contributed by atoms with Gasteiger partial charge in [0, 0.05) is 5.56 Å². The van der Waals surface area contributed by atoms with Gasteiger partial charge >= 0.3 is 0 Å². The third-order valence-electron chi connectivity index (χ3n) is 3.75. The van der Waals surface area contributed by atoms with E-state index >= 15 is 0 Å². The van der Waals surface area contributed by atoms with Gasteiger partial charge in [0.05, 0.1) is 20.3 Å². The van der Waals surface area contributed by atoms with Crippen molar-refractivity contribution in [2.75, 3.05) is 13.7 Å². The Bertz CT molecular complexity index is 829. The van der Waals surface area contributed by atoms with Crippen LogP contribution in [-0.4, -0.2) is 33.9 Å². The Kier molecular flexibility index (Phi) is 4.74. The third kappa shape index (κ3) is 3.37. The van der Waals surface area contributed by atoms with Crippen molar-refractivity contribution >= 4 is 0 Å². The van der Waals surface area contributed by atoms with Crippen LogP contribution in [0.25, 0.3) is 11.4 Å². The van der Waals surface area contributed by atoms with E-state index in [2.05, 4.69) is 34.5 Å². The first-order valence-electron chi connectivity index (χ1n) is 7.84. The quantitative estimate of drug-likeness (QED) is 0.697. The van der Waals surface area contributed by atoms with Crippen LogP contribution in [0.4, 0.5) is 0 Å². The van der Waals surface area contributed by atoms with E-state index in [-0.39, 0.29) is 0 Å². The van der Waals surface area contributed by atoms with Crippen molar-refractivity contribution in [2.45, 2.75) is 20.4 Å². The molecular formula is C18H20N4O2. The van der Waals surface area contributed by atoms with Crippen molar-refractivity contribution in [3.05, 3.63) is 53.6 Å². The van der Waals surface area contributed by atoms with Crippen LogP contribution < -0.4 is 9.47 Å². The van der Waals surface area contributed by atoms with Gasteiger partial charge in [-0.1, -0.05) is 24.3 Å². The van der Waals surface area contributed by atoms with E-state index in [4.69, 9.17) is 9.47 Å². The number of hydrogen-bond donors (Lipinski definition) is 0. The molecule has 0 saturated carbocycles. The molecule has 0 N–H and O–H groups in total. The molecule has 0 aliphatic carbocycles. The van der Waals surface area contributed by atoms with Crippen LogP contribution in [0.15, 0.2) is 42.5 Å². The summed E-state index contributed by atoms with van der Waals surface area (Å²) in [5.74, 6) is 1.92.